The van der Waals surface area contributed by atoms with E-state index in [4.69, 9.17) is 19.7 Å². The van der Waals surface area contributed by atoms with E-state index >= 15 is 0 Å². The predicted molar refractivity (Wildman–Crippen MR) is 100 cm³/mol. The number of hydrogen-bond acceptors (Lipinski definition) is 6. The van der Waals surface area contributed by atoms with Crippen molar-refractivity contribution in [3.05, 3.63) is 0 Å². The summed E-state index contributed by atoms with van der Waals surface area (Å²) >= 11 is 0. The van der Waals surface area contributed by atoms with E-state index in [1.165, 1.54) is 6.92 Å². The molecule has 152 valence electrons. The highest BCUT2D eigenvalue weighted by Gasteiger charge is 2.14. The molecule has 2 N–H and O–H groups in total. The van der Waals surface area contributed by atoms with E-state index in [0.29, 0.717) is 39.5 Å². The normalized spacial score (nSPS) is 18.1. The fourth-order valence-electron chi connectivity index (χ4n) is 1.89. The first kappa shape index (κ1) is 24.9. The lowest BCUT2D eigenvalue weighted by atomic mass is 10.3. The number of amides is 2. The summed E-state index contributed by atoms with van der Waals surface area (Å²) in [4.78, 5) is 25.4. The van der Waals surface area contributed by atoms with Crippen LogP contribution in [0.2, 0.25) is 0 Å². The Morgan fingerprint density at radius 2 is 1.33 bits per heavy atom. The van der Waals surface area contributed by atoms with Gasteiger partial charge in [0.05, 0.1) is 26.4 Å². The fraction of sp³-hybridized carbons (Fsp3) is 0.684. The summed E-state index contributed by atoms with van der Waals surface area (Å²) in [6.45, 7) is 9.89. The summed E-state index contributed by atoms with van der Waals surface area (Å²) in [7, 11) is 0. The Kier molecular flexibility index (Phi) is 13.8. The molecule has 0 spiro atoms. The van der Waals surface area contributed by atoms with Crippen LogP contribution >= 0.6 is 0 Å². The van der Waals surface area contributed by atoms with Gasteiger partial charge in [0.25, 0.3) is 5.91 Å². The largest absolute Gasteiger partial charge is 0.381 e. The number of carbonyl (C=O) groups is 2. The number of nitrogens with zero attached hydrogens (tertiary/aromatic N) is 2. The zero-order chi connectivity index (χ0) is 20.7. The van der Waals surface area contributed by atoms with Crippen LogP contribution in [-0.4, -0.2) is 96.6 Å². The predicted octanol–water partition coefficient (Wildman–Crippen LogP) is -0.905. The molecule has 2 amide bonds. The molecule has 2 atom stereocenters. The minimum atomic E-state index is -0.745. The maximum absolute atomic E-state index is 11.3. The first-order chi connectivity index (χ1) is 12.8. The topological polar surface area (TPSA) is 99.5 Å². The summed E-state index contributed by atoms with van der Waals surface area (Å²) in [5, 5.41) is 17.0. The minimum absolute atomic E-state index is 0.151. The zero-order valence-electron chi connectivity index (χ0n) is 16.3. The third kappa shape index (κ3) is 13.7. The molecule has 0 aliphatic carbocycles. The summed E-state index contributed by atoms with van der Waals surface area (Å²) < 4.78 is 10.1. The lowest BCUT2D eigenvalue weighted by molar-refractivity contribution is -0.132. The van der Waals surface area contributed by atoms with Crippen LogP contribution in [0, 0.1) is 24.2 Å². The molecule has 8 heteroatoms. The highest BCUT2D eigenvalue weighted by molar-refractivity contribution is 5.93. The van der Waals surface area contributed by atoms with Crippen LogP contribution in [0.3, 0.4) is 0 Å². The van der Waals surface area contributed by atoms with E-state index < -0.39 is 12.2 Å². The second kappa shape index (κ2) is 15.0. The summed E-state index contributed by atoms with van der Waals surface area (Å²) in [6, 6.07) is 0. The minimum Gasteiger partial charge on any atom is -0.381 e. The molecule has 0 unspecified atom stereocenters. The van der Waals surface area contributed by atoms with Crippen LogP contribution in [0.15, 0.2) is 0 Å². The lowest BCUT2D eigenvalue weighted by Gasteiger charge is -2.25. The number of ether oxygens (including phenoxy) is 2. The smallest absolute Gasteiger partial charge is 0.298 e. The molecule has 2 fully saturated rings. The Bertz CT molecular complexity index is 533. The first-order valence-corrected chi connectivity index (χ1v) is 8.81. The third-order valence-corrected chi connectivity index (χ3v) is 3.38. The van der Waals surface area contributed by atoms with Crippen LogP contribution in [-0.2, 0) is 19.1 Å². The van der Waals surface area contributed by atoms with E-state index in [1.54, 1.807) is 23.6 Å². The van der Waals surface area contributed by atoms with E-state index in [1.807, 2.05) is 0 Å². The van der Waals surface area contributed by atoms with Crippen molar-refractivity contribution in [1.82, 2.24) is 9.80 Å². The maximum Gasteiger partial charge on any atom is 0.298 e. The molecule has 2 aliphatic rings. The highest BCUT2D eigenvalue weighted by atomic mass is 16.5. The number of carbonyl (C=O) groups excluding carboxylic acids is 2. The van der Waals surface area contributed by atoms with Gasteiger partial charge in [0.1, 0.15) is 12.2 Å². The van der Waals surface area contributed by atoms with Gasteiger partial charge in [0.2, 0.25) is 5.91 Å². The van der Waals surface area contributed by atoms with E-state index in [0.717, 1.165) is 13.1 Å². The van der Waals surface area contributed by atoms with Gasteiger partial charge in [-0.1, -0.05) is 11.8 Å². The molecule has 27 heavy (non-hydrogen) atoms. The van der Waals surface area contributed by atoms with Crippen molar-refractivity contribution in [2.75, 3.05) is 52.6 Å². The summed E-state index contributed by atoms with van der Waals surface area (Å²) in [5.41, 5.74) is 0. The van der Waals surface area contributed by atoms with Gasteiger partial charge in [-0.15, -0.1) is 6.42 Å². The number of aliphatic hydroxyl groups is 2. The number of aliphatic hydroxyl groups excluding tert-OH is 2. The van der Waals surface area contributed by atoms with Crippen LogP contribution in [0.4, 0.5) is 0 Å². The second-order valence-corrected chi connectivity index (χ2v) is 5.81. The van der Waals surface area contributed by atoms with Gasteiger partial charge in [0, 0.05) is 33.1 Å². The van der Waals surface area contributed by atoms with Gasteiger partial charge >= 0.3 is 0 Å². The molecule has 2 rings (SSSR count). The maximum atomic E-state index is 11.3. The molecule has 0 bridgehead atoms. The molecule has 2 aliphatic heterocycles. The van der Waals surface area contributed by atoms with E-state index in [9.17, 15) is 9.59 Å². The Morgan fingerprint density at radius 3 is 1.63 bits per heavy atom. The van der Waals surface area contributed by atoms with Crippen molar-refractivity contribution in [2.45, 2.75) is 33.0 Å². The van der Waals surface area contributed by atoms with Crippen molar-refractivity contribution in [3.8, 4) is 24.2 Å². The monoisotopic (exact) mass is 382 g/mol. The SMILES string of the molecule is C#C[C@@H](C)O.CC(=O)N1CCOCC1.C[C@@H](O)C#CC(=O)N1CCOCC1. The molecule has 0 aromatic heterocycles. The van der Waals surface area contributed by atoms with Crippen molar-refractivity contribution in [2.24, 2.45) is 0 Å². The fourth-order valence-corrected chi connectivity index (χ4v) is 1.89. The molecule has 0 radical (unpaired) electrons. The van der Waals surface area contributed by atoms with Gasteiger partial charge in [-0.05, 0) is 19.8 Å². The molecule has 0 aromatic carbocycles. The molecule has 0 aromatic rings. The number of terminal acetylenes is 1. The quantitative estimate of drug-likeness (QED) is 0.527. The van der Waals surface area contributed by atoms with Crippen LogP contribution in [0.1, 0.15) is 20.8 Å². The summed E-state index contributed by atoms with van der Waals surface area (Å²) in [5.74, 6) is 6.80. The van der Waals surface area contributed by atoms with Gasteiger partial charge in [-0.2, -0.15) is 0 Å². The van der Waals surface area contributed by atoms with Crippen molar-refractivity contribution in [1.29, 1.82) is 0 Å². The Morgan fingerprint density at radius 1 is 0.926 bits per heavy atom. The Hall–Kier alpha value is -2.10. The van der Waals surface area contributed by atoms with Crippen molar-refractivity contribution < 1.29 is 29.3 Å². The zero-order valence-corrected chi connectivity index (χ0v) is 16.3. The van der Waals surface area contributed by atoms with Crippen LogP contribution in [0.25, 0.3) is 0 Å². The van der Waals surface area contributed by atoms with E-state index in [-0.39, 0.29) is 11.8 Å². The Balaban J connectivity index is 0.000000419. The van der Waals surface area contributed by atoms with E-state index in [2.05, 4.69) is 24.2 Å². The number of rotatable bonds is 0. The molecule has 2 heterocycles. The standard InChI is InChI=1S/C9H13NO3.C6H11NO2.C4H6O/c1-8(11)2-3-9(12)10-4-6-13-7-5-10;1-6(8)7-2-4-9-5-3-7;1-3-4(2)5/h8,11H,4-7H2,1H3;2-5H2,1H3;1,4-5H,2H3/t8-;;4-/m1.1/s1. The lowest BCUT2D eigenvalue weighted by Crippen LogP contribution is -2.40. The van der Waals surface area contributed by atoms with Crippen molar-refractivity contribution in [3.63, 3.8) is 0 Å². The van der Waals surface area contributed by atoms with Gasteiger partial charge in [0.15, 0.2) is 0 Å². The molecular formula is C19H30N2O6. The summed E-state index contributed by atoms with van der Waals surface area (Å²) in [6.07, 6.45) is 3.34. The molecule has 2 saturated heterocycles. The second-order valence-electron chi connectivity index (χ2n) is 5.81. The van der Waals surface area contributed by atoms with Crippen LogP contribution in [0.5, 0.6) is 0 Å². The average Bonchev–Trinajstić information content (AvgIpc) is 2.68. The first-order valence-electron chi connectivity index (χ1n) is 8.81. The van der Waals surface area contributed by atoms with Crippen LogP contribution < -0.4 is 0 Å². The Labute approximate surface area is 161 Å². The third-order valence-electron chi connectivity index (χ3n) is 3.38. The molecule has 0 saturated carbocycles. The van der Waals surface area contributed by atoms with Gasteiger partial charge < -0.3 is 29.5 Å². The van der Waals surface area contributed by atoms with Gasteiger partial charge in [-0.25, -0.2) is 0 Å². The number of hydrogen-bond donors (Lipinski definition) is 2. The average molecular weight is 382 g/mol. The molecule has 8 nitrogen and oxygen atoms in total. The number of morpholine rings is 2. The highest BCUT2D eigenvalue weighted by Crippen LogP contribution is 1.96. The van der Waals surface area contributed by atoms with Gasteiger partial charge in [-0.3, -0.25) is 9.59 Å². The molecular weight excluding hydrogens is 352 g/mol. The van der Waals surface area contributed by atoms with Crippen molar-refractivity contribution >= 4 is 11.8 Å².